The lowest BCUT2D eigenvalue weighted by molar-refractivity contribution is -0.114. The SMILES string of the molecule is CC(=O)C1=C(C)Nc2nc3ccccc3n2[C@H]1c1cccc(Cl)c1. The van der Waals surface area contributed by atoms with Gasteiger partial charge in [-0.25, -0.2) is 4.98 Å². The van der Waals surface area contributed by atoms with Gasteiger partial charge >= 0.3 is 0 Å². The number of imidazole rings is 1. The number of allylic oxidation sites excluding steroid dienone is 2. The molecule has 0 saturated carbocycles. The van der Waals surface area contributed by atoms with Gasteiger partial charge < -0.3 is 5.32 Å². The van der Waals surface area contributed by atoms with Gasteiger partial charge in [-0.05, 0) is 43.7 Å². The standard InChI is InChI=1S/C19H16ClN3O/c1-11-17(12(2)24)18(13-6-5-7-14(20)10-13)23-16-9-4-3-8-15(16)22-19(23)21-11/h3-10,18H,1-2H3,(H,21,22)/t18-/m0/s1. The Balaban J connectivity index is 2.05. The van der Waals surface area contributed by atoms with Crippen LogP contribution in [0.25, 0.3) is 11.0 Å². The van der Waals surface area contributed by atoms with E-state index in [1.165, 1.54) is 0 Å². The number of hydrogen-bond acceptors (Lipinski definition) is 3. The molecule has 0 bridgehead atoms. The molecule has 0 saturated heterocycles. The number of nitrogens with one attached hydrogen (secondary N) is 1. The summed E-state index contributed by atoms with van der Waals surface area (Å²) in [5.41, 5.74) is 4.40. The minimum atomic E-state index is -0.246. The number of nitrogens with zero attached hydrogens (tertiary/aromatic N) is 2. The van der Waals surface area contributed by atoms with Crippen molar-refractivity contribution in [1.82, 2.24) is 9.55 Å². The number of ketones is 1. The second kappa shape index (κ2) is 5.49. The highest BCUT2D eigenvalue weighted by Gasteiger charge is 2.32. The highest BCUT2D eigenvalue weighted by atomic mass is 35.5. The number of benzene rings is 2. The molecule has 120 valence electrons. The minimum absolute atomic E-state index is 0.0356. The molecule has 5 heteroatoms. The van der Waals surface area contributed by atoms with Gasteiger partial charge in [-0.2, -0.15) is 0 Å². The lowest BCUT2D eigenvalue weighted by Gasteiger charge is -2.30. The van der Waals surface area contributed by atoms with Crippen LogP contribution >= 0.6 is 11.6 Å². The molecule has 0 aliphatic carbocycles. The Hall–Kier alpha value is -2.59. The van der Waals surface area contributed by atoms with Crippen molar-refractivity contribution in [3.8, 4) is 0 Å². The third-order valence-corrected chi connectivity index (χ3v) is 4.61. The van der Waals surface area contributed by atoms with Crippen molar-refractivity contribution in [2.45, 2.75) is 19.9 Å². The Bertz CT molecular complexity index is 1000. The molecule has 1 aliphatic rings. The molecule has 2 heterocycles. The van der Waals surface area contributed by atoms with Crippen LogP contribution in [0.4, 0.5) is 5.95 Å². The van der Waals surface area contributed by atoms with E-state index in [1.807, 2.05) is 55.5 Å². The molecule has 0 amide bonds. The van der Waals surface area contributed by atoms with E-state index in [-0.39, 0.29) is 11.8 Å². The van der Waals surface area contributed by atoms with Crippen molar-refractivity contribution >= 4 is 34.4 Å². The average molecular weight is 338 g/mol. The second-order valence-electron chi connectivity index (χ2n) is 5.97. The van der Waals surface area contributed by atoms with E-state index >= 15 is 0 Å². The molecule has 1 atom stereocenters. The monoisotopic (exact) mass is 337 g/mol. The topological polar surface area (TPSA) is 46.9 Å². The van der Waals surface area contributed by atoms with Gasteiger partial charge in [-0.1, -0.05) is 35.9 Å². The Kier molecular flexibility index (Phi) is 3.43. The number of fused-ring (bicyclic) bond motifs is 3. The smallest absolute Gasteiger partial charge is 0.209 e. The largest absolute Gasteiger partial charge is 0.329 e. The normalized spacial score (nSPS) is 16.9. The van der Waals surface area contributed by atoms with Gasteiger partial charge in [0.2, 0.25) is 5.95 Å². The Morgan fingerprint density at radius 3 is 2.75 bits per heavy atom. The maximum Gasteiger partial charge on any atom is 0.209 e. The minimum Gasteiger partial charge on any atom is -0.329 e. The summed E-state index contributed by atoms with van der Waals surface area (Å²) in [4.78, 5) is 17.1. The van der Waals surface area contributed by atoms with Crippen molar-refractivity contribution in [2.24, 2.45) is 0 Å². The molecule has 4 rings (SSSR count). The predicted molar refractivity (Wildman–Crippen MR) is 96.3 cm³/mol. The molecular formula is C19H16ClN3O. The summed E-state index contributed by atoms with van der Waals surface area (Å²) in [6.45, 7) is 3.51. The number of halogens is 1. The first-order valence-corrected chi connectivity index (χ1v) is 8.15. The van der Waals surface area contributed by atoms with Crippen molar-refractivity contribution in [1.29, 1.82) is 0 Å². The zero-order valence-electron chi connectivity index (χ0n) is 13.4. The van der Waals surface area contributed by atoms with Crippen molar-refractivity contribution < 1.29 is 4.79 Å². The summed E-state index contributed by atoms with van der Waals surface area (Å²) < 4.78 is 2.07. The molecule has 2 aromatic carbocycles. The van der Waals surface area contributed by atoms with Crippen LogP contribution in [0.3, 0.4) is 0 Å². The van der Waals surface area contributed by atoms with Gasteiger partial charge in [0, 0.05) is 16.3 Å². The van der Waals surface area contributed by atoms with Crippen LogP contribution < -0.4 is 5.32 Å². The molecule has 0 fully saturated rings. The summed E-state index contributed by atoms with van der Waals surface area (Å²) in [7, 11) is 0. The highest BCUT2D eigenvalue weighted by molar-refractivity contribution is 6.30. The lowest BCUT2D eigenvalue weighted by atomic mass is 9.92. The number of hydrogen-bond donors (Lipinski definition) is 1. The fourth-order valence-corrected chi connectivity index (χ4v) is 3.61. The summed E-state index contributed by atoms with van der Waals surface area (Å²) in [6, 6.07) is 15.3. The summed E-state index contributed by atoms with van der Waals surface area (Å²) in [6.07, 6.45) is 0. The van der Waals surface area contributed by atoms with Crippen LogP contribution in [-0.2, 0) is 4.79 Å². The maximum absolute atomic E-state index is 12.4. The quantitative estimate of drug-likeness (QED) is 0.745. The molecule has 24 heavy (non-hydrogen) atoms. The van der Waals surface area contributed by atoms with Crippen molar-refractivity contribution in [3.63, 3.8) is 0 Å². The molecule has 0 spiro atoms. The van der Waals surface area contributed by atoms with Crippen LogP contribution in [0.2, 0.25) is 5.02 Å². The van der Waals surface area contributed by atoms with Crippen molar-refractivity contribution in [3.05, 3.63) is 70.4 Å². The van der Waals surface area contributed by atoms with Crippen LogP contribution in [-0.4, -0.2) is 15.3 Å². The number of para-hydroxylation sites is 2. The van der Waals surface area contributed by atoms with Crippen molar-refractivity contribution in [2.75, 3.05) is 5.32 Å². The molecule has 3 aromatic rings. The number of carbonyl (C=O) groups excluding carboxylic acids is 1. The second-order valence-corrected chi connectivity index (χ2v) is 6.41. The van der Waals surface area contributed by atoms with E-state index in [1.54, 1.807) is 6.92 Å². The van der Waals surface area contributed by atoms with Gasteiger partial charge in [0.05, 0.1) is 17.1 Å². The van der Waals surface area contributed by atoms with E-state index in [0.29, 0.717) is 5.02 Å². The van der Waals surface area contributed by atoms with E-state index in [0.717, 1.165) is 33.8 Å². The van der Waals surface area contributed by atoms with E-state index in [4.69, 9.17) is 11.6 Å². The van der Waals surface area contributed by atoms with Gasteiger partial charge in [0.25, 0.3) is 0 Å². The number of anilines is 1. The third-order valence-electron chi connectivity index (χ3n) is 4.37. The first-order chi connectivity index (χ1) is 11.6. The third kappa shape index (κ3) is 2.22. The van der Waals surface area contributed by atoms with E-state index < -0.39 is 0 Å². The van der Waals surface area contributed by atoms with E-state index in [2.05, 4.69) is 14.9 Å². The van der Waals surface area contributed by atoms with Gasteiger partial charge in [-0.3, -0.25) is 9.36 Å². The number of Topliss-reactive ketones (excluding diaryl/α,β-unsaturated/α-hetero) is 1. The van der Waals surface area contributed by atoms with Crippen LogP contribution in [0.15, 0.2) is 59.8 Å². The zero-order chi connectivity index (χ0) is 16.8. The molecule has 1 aromatic heterocycles. The fraction of sp³-hybridized carbons (Fsp3) is 0.158. The number of rotatable bonds is 2. The first kappa shape index (κ1) is 15.0. The number of aromatic nitrogens is 2. The Morgan fingerprint density at radius 2 is 2.00 bits per heavy atom. The van der Waals surface area contributed by atoms with Crippen LogP contribution in [0.5, 0.6) is 0 Å². The van der Waals surface area contributed by atoms with Gasteiger partial charge in [-0.15, -0.1) is 0 Å². The first-order valence-electron chi connectivity index (χ1n) is 7.77. The predicted octanol–water partition coefficient (Wildman–Crippen LogP) is 4.57. The summed E-state index contributed by atoms with van der Waals surface area (Å²) >= 11 is 6.21. The zero-order valence-corrected chi connectivity index (χ0v) is 14.1. The molecule has 1 aliphatic heterocycles. The Morgan fingerprint density at radius 1 is 1.21 bits per heavy atom. The average Bonchev–Trinajstić information content (AvgIpc) is 2.91. The van der Waals surface area contributed by atoms with Gasteiger partial charge in [0.1, 0.15) is 0 Å². The van der Waals surface area contributed by atoms with E-state index in [9.17, 15) is 4.79 Å². The maximum atomic E-state index is 12.4. The van der Waals surface area contributed by atoms with Crippen LogP contribution in [0.1, 0.15) is 25.5 Å². The summed E-state index contributed by atoms with van der Waals surface area (Å²) in [5.74, 6) is 0.775. The lowest BCUT2D eigenvalue weighted by Crippen LogP contribution is -2.26. The molecule has 0 unspecified atom stereocenters. The van der Waals surface area contributed by atoms with Gasteiger partial charge in [0.15, 0.2) is 5.78 Å². The number of carbonyl (C=O) groups is 1. The Labute approximate surface area is 144 Å². The molecular weight excluding hydrogens is 322 g/mol. The van der Waals surface area contributed by atoms with Crippen LogP contribution in [0, 0.1) is 0 Å². The molecule has 0 radical (unpaired) electrons. The highest BCUT2D eigenvalue weighted by Crippen LogP contribution is 2.39. The summed E-state index contributed by atoms with van der Waals surface area (Å²) in [5, 5.41) is 3.92. The molecule has 4 nitrogen and oxygen atoms in total. The molecule has 1 N–H and O–H groups in total. The fourth-order valence-electron chi connectivity index (χ4n) is 3.41.